The molecule has 0 fully saturated rings. The molecular weight excluding hydrogens is 276 g/mol. The highest BCUT2D eigenvalue weighted by atomic mass is 32.1. The van der Waals surface area contributed by atoms with Gasteiger partial charge in [-0.2, -0.15) is 0 Å². The molecule has 100 valence electrons. The van der Waals surface area contributed by atoms with Crippen LogP contribution in [0.3, 0.4) is 0 Å². The number of anilines is 1. The van der Waals surface area contributed by atoms with Gasteiger partial charge in [0.15, 0.2) is 10.9 Å². The second-order valence-corrected chi connectivity index (χ2v) is 6.86. The van der Waals surface area contributed by atoms with Crippen LogP contribution in [0.2, 0.25) is 0 Å². The first kappa shape index (κ1) is 12.8. The number of fused-ring (bicyclic) bond motifs is 1. The molecule has 5 heteroatoms. The summed E-state index contributed by atoms with van der Waals surface area (Å²) in [4.78, 5) is 20.7. The zero-order chi connectivity index (χ0) is 13.6. The molecule has 0 amide bonds. The van der Waals surface area contributed by atoms with Crippen LogP contribution in [0.25, 0.3) is 0 Å². The Balaban J connectivity index is 1.96. The molecule has 19 heavy (non-hydrogen) atoms. The second kappa shape index (κ2) is 4.72. The predicted octanol–water partition coefficient (Wildman–Crippen LogP) is 3.84. The van der Waals surface area contributed by atoms with E-state index in [4.69, 9.17) is 0 Å². The van der Waals surface area contributed by atoms with Crippen LogP contribution in [0.1, 0.15) is 45.7 Å². The smallest absolute Gasteiger partial charge is 0.186 e. The summed E-state index contributed by atoms with van der Waals surface area (Å²) in [6.07, 6.45) is 1.07. The highest BCUT2D eigenvalue weighted by Crippen LogP contribution is 2.38. The van der Waals surface area contributed by atoms with Gasteiger partial charge in [0.2, 0.25) is 0 Å². The Kier molecular flexibility index (Phi) is 3.19. The van der Waals surface area contributed by atoms with Gasteiger partial charge >= 0.3 is 0 Å². The van der Waals surface area contributed by atoms with Gasteiger partial charge in [0.25, 0.3) is 0 Å². The fourth-order valence-electron chi connectivity index (χ4n) is 2.60. The molecule has 0 saturated carbocycles. The number of thiophene rings is 1. The van der Waals surface area contributed by atoms with Crippen LogP contribution in [0.5, 0.6) is 0 Å². The summed E-state index contributed by atoms with van der Waals surface area (Å²) in [6, 6.07) is 2.56. The van der Waals surface area contributed by atoms with Gasteiger partial charge in [0.05, 0.1) is 16.6 Å². The van der Waals surface area contributed by atoms with Crippen molar-refractivity contribution >= 4 is 33.6 Å². The number of thiazole rings is 1. The van der Waals surface area contributed by atoms with Gasteiger partial charge in [0, 0.05) is 18.3 Å². The first-order chi connectivity index (χ1) is 9.08. The topological polar surface area (TPSA) is 33.2 Å². The Labute approximate surface area is 120 Å². The number of ketones is 1. The Morgan fingerprint density at radius 1 is 1.53 bits per heavy atom. The predicted molar refractivity (Wildman–Crippen MR) is 80.6 cm³/mol. The van der Waals surface area contributed by atoms with Crippen LogP contribution in [-0.4, -0.2) is 17.3 Å². The van der Waals surface area contributed by atoms with Crippen molar-refractivity contribution in [3.05, 3.63) is 32.5 Å². The fraction of sp³-hybridized carbons (Fsp3) is 0.429. The Bertz CT molecular complexity index is 629. The van der Waals surface area contributed by atoms with Crippen molar-refractivity contribution in [1.29, 1.82) is 0 Å². The van der Waals surface area contributed by atoms with E-state index in [-0.39, 0.29) is 5.78 Å². The van der Waals surface area contributed by atoms with E-state index >= 15 is 0 Å². The first-order valence-corrected chi connectivity index (χ1v) is 8.09. The third-order valence-corrected chi connectivity index (χ3v) is 5.92. The lowest BCUT2D eigenvalue weighted by atomic mass is 10.0. The molecule has 0 aromatic carbocycles. The number of Topliss-reactive ketones (excluding diaryl/α,β-unsaturated/α-hetero) is 1. The summed E-state index contributed by atoms with van der Waals surface area (Å²) in [5.74, 6) is 0.113. The number of rotatable bonds is 2. The van der Waals surface area contributed by atoms with E-state index in [2.05, 4.69) is 28.3 Å². The largest absolute Gasteiger partial charge is 0.341 e. The molecule has 0 saturated heterocycles. The fourth-order valence-corrected chi connectivity index (χ4v) is 4.63. The maximum Gasteiger partial charge on any atom is 0.186 e. The SMILES string of the molecule is CC(=O)c1sc(N2CCc3sccc3C2C)nc1C. The van der Waals surface area contributed by atoms with Gasteiger partial charge < -0.3 is 4.90 Å². The minimum absolute atomic E-state index is 0.113. The molecule has 1 unspecified atom stereocenters. The molecule has 0 radical (unpaired) electrons. The van der Waals surface area contributed by atoms with Gasteiger partial charge in [0.1, 0.15) is 0 Å². The number of carbonyl (C=O) groups is 1. The lowest BCUT2D eigenvalue weighted by molar-refractivity contribution is 0.102. The standard InChI is InChI=1S/C14H16N2OS2/c1-8-13(10(3)17)19-14(15-8)16-6-4-12-11(9(16)2)5-7-18-12/h5,7,9H,4,6H2,1-3H3. The van der Waals surface area contributed by atoms with Gasteiger partial charge in [-0.1, -0.05) is 11.3 Å². The van der Waals surface area contributed by atoms with Gasteiger partial charge in [-0.05, 0) is 37.3 Å². The molecule has 0 bridgehead atoms. The lowest BCUT2D eigenvalue weighted by Crippen LogP contribution is -2.32. The van der Waals surface area contributed by atoms with E-state index in [1.165, 1.54) is 21.8 Å². The van der Waals surface area contributed by atoms with Crippen LogP contribution in [-0.2, 0) is 6.42 Å². The second-order valence-electron chi connectivity index (χ2n) is 4.89. The summed E-state index contributed by atoms with van der Waals surface area (Å²) in [6.45, 7) is 6.73. The number of nitrogens with zero attached hydrogens (tertiary/aromatic N) is 2. The quantitative estimate of drug-likeness (QED) is 0.789. The maximum absolute atomic E-state index is 11.6. The molecule has 1 atom stereocenters. The number of hydrogen-bond acceptors (Lipinski definition) is 5. The molecule has 0 spiro atoms. The Morgan fingerprint density at radius 3 is 3.00 bits per heavy atom. The third kappa shape index (κ3) is 2.11. The van der Waals surface area contributed by atoms with Crippen LogP contribution in [0.15, 0.2) is 11.4 Å². The first-order valence-electron chi connectivity index (χ1n) is 6.39. The van der Waals surface area contributed by atoms with Crippen molar-refractivity contribution in [2.45, 2.75) is 33.2 Å². The summed E-state index contributed by atoms with van der Waals surface area (Å²) in [5.41, 5.74) is 2.27. The van der Waals surface area contributed by atoms with Gasteiger partial charge in [-0.3, -0.25) is 4.79 Å². The average molecular weight is 292 g/mol. The summed E-state index contributed by atoms with van der Waals surface area (Å²) in [5, 5.41) is 3.14. The third-order valence-electron chi connectivity index (χ3n) is 3.63. The Morgan fingerprint density at radius 2 is 2.32 bits per heavy atom. The molecule has 2 aromatic rings. The van der Waals surface area contributed by atoms with Gasteiger partial charge in [-0.25, -0.2) is 4.98 Å². The Hall–Kier alpha value is -1.20. The lowest BCUT2D eigenvalue weighted by Gasteiger charge is -2.33. The molecule has 1 aliphatic rings. The molecule has 3 nitrogen and oxygen atoms in total. The van der Waals surface area contributed by atoms with Crippen LogP contribution in [0.4, 0.5) is 5.13 Å². The van der Waals surface area contributed by atoms with Crippen LogP contribution < -0.4 is 4.90 Å². The molecule has 0 aliphatic carbocycles. The monoisotopic (exact) mass is 292 g/mol. The van der Waals surface area contributed by atoms with E-state index in [9.17, 15) is 4.79 Å². The van der Waals surface area contributed by atoms with E-state index in [1.807, 2.05) is 18.3 Å². The van der Waals surface area contributed by atoms with Crippen LogP contribution in [0, 0.1) is 6.92 Å². The minimum Gasteiger partial charge on any atom is -0.341 e. The minimum atomic E-state index is 0.113. The molecular formula is C14H16N2OS2. The van der Waals surface area contributed by atoms with Crippen molar-refractivity contribution in [3.63, 3.8) is 0 Å². The van der Waals surface area contributed by atoms with E-state index in [0.29, 0.717) is 6.04 Å². The zero-order valence-electron chi connectivity index (χ0n) is 11.3. The van der Waals surface area contributed by atoms with Crippen LogP contribution >= 0.6 is 22.7 Å². The van der Waals surface area contributed by atoms with Gasteiger partial charge in [-0.15, -0.1) is 11.3 Å². The zero-order valence-corrected chi connectivity index (χ0v) is 12.9. The number of hydrogen-bond donors (Lipinski definition) is 0. The van der Waals surface area contributed by atoms with Crippen molar-refractivity contribution in [3.8, 4) is 0 Å². The molecule has 3 rings (SSSR count). The van der Waals surface area contributed by atoms with E-state index in [1.54, 1.807) is 6.92 Å². The summed E-state index contributed by atoms with van der Waals surface area (Å²) < 4.78 is 0. The van der Waals surface area contributed by atoms with E-state index < -0.39 is 0 Å². The van der Waals surface area contributed by atoms with Crippen molar-refractivity contribution in [1.82, 2.24) is 4.98 Å². The highest BCUT2D eigenvalue weighted by molar-refractivity contribution is 7.17. The number of carbonyl (C=O) groups excluding carboxylic acids is 1. The summed E-state index contributed by atoms with van der Waals surface area (Å²) >= 11 is 3.37. The molecule has 0 N–H and O–H groups in total. The van der Waals surface area contributed by atoms with Crippen molar-refractivity contribution in [2.24, 2.45) is 0 Å². The number of aryl methyl sites for hydroxylation is 1. The average Bonchev–Trinajstić information content (AvgIpc) is 2.96. The molecule has 2 aromatic heterocycles. The highest BCUT2D eigenvalue weighted by Gasteiger charge is 2.27. The molecule has 3 heterocycles. The van der Waals surface area contributed by atoms with E-state index in [0.717, 1.165) is 28.7 Å². The number of aromatic nitrogens is 1. The maximum atomic E-state index is 11.6. The molecule has 1 aliphatic heterocycles. The normalized spacial score (nSPS) is 18.5. The summed E-state index contributed by atoms with van der Waals surface area (Å²) in [7, 11) is 0. The van der Waals surface area contributed by atoms with Crippen molar-refractivity contribution in [2.75, 3.05) is 11.4 Å². The van der Waals surface area contributed by atoms with Crippen molar-refractivity contribution < 1.29 is 4.79 Å².